The van der Waals surface area contributed by atoms with Gasteiger partial charge in [0.15, 0.2) is 0 Å². The summed E-state index contributed by atoms with van der Waals surface area (Å²) in [6.45, 7) is 6.67. The molecule has 0 spiro atoms. The van der Waals surface area contributed by atoms with Gasteiger partial charge in [0, 0.05) is 35.4 Å². The number of benzene rings is 2. The number of halogens is 1. The minimum absolute atomic E-state index is 0.0730. The summed E-state index contributed by atoms with van der Waals surface area (Å²) < 4.78 is 12.9. The van der Waals surface area contributed by atoms with Crippen molar-refractivity contribution in [2.24, 2.45) is 0 Å². The standard InChI is InChI=1S/C19H21FN2O/c1-12-19(2,3)16-10-9-15(11-17(16)22(12)4)21-18(23)13-5-7-14(20)8-6-13/h5-12H,1-4H3,(H,21,23). The van der Waals surface area contributed by atoms with Crippen LogP contribution in [-0.2, 0) is 5.41 Å². The van der Waals surface area contributed by atoms with Gasteiger partial charge in [0.25, 0.3) is 5.91 Å². The maximum atomic E-state index is 12.9. The van der Waals surface area contributed by atoms with Gasteiger partial charge >= 0.3 is 0 Å². The van der Waals surface area contributed by atoms with E-state index in [-0.39, 0.29) is 17.1 Å². The van der Waals surface area contributed by atoms with Crippen molar-refractivity contribution in [1.82, 2.24) is 0 Å². The van der Waals surface area contributed by atoms with Gasteiger partial charge in [-0.15, -0.1) is 0 Å². The van der Waals surface area contributed by atoms with Gasteiger partial charge in [-0.1, -0.05) is 19.9 Å². The molecule has 0 saturated heterocycles. The van der Waals surface area contributed by atoms with Crippen molar-refractivity contribution in [3.05, 3.63) is 59.4 Å². The first kappa shape index (κ1) is 15.5. The summed E-state index contributed by atoms with van der Waals surface area (Å²) in [4.78, 5) is 14.5. The van der Waals surface area contributed by atoms with Gasteiger partial charge in [0.2, 0.25) is 0 Å². The van der Waals surface area contributed by atoms with Crippen LogP contribution in [0.15, 0.2) is 42.5 Å². The molecular weight excluding hydrogens is 291 g/mol. The first-order valence-corrected chi connectivity index (χ1v) is 7.75. The van der Waals surface area contributed by atoms with Gasteiger partial charge in [-0.3, -0.25) is 4.79 Å². The molecule has 120 valence electrons. The Morgan fingerprint density at radius 3 is 2.48 bits per heavy atom. The van der Waals surface area contributed by atoms with Gasteiger partial charge in [-0.05, 0) is 48.9 Å². The summed E-state index contributed by atoms with van der Waals surface area (Å²) in [6.07, 6.45) is 0. The lowest BCUT2D eigenvalue weighted by Crippen LogP contribution is -2.36. The Hall–Kier alpha value is -2.36. The fourth-order valence-electron chi connectivity index (χ4n) is 3.17. The van der Waals surface area contributed by atoms with E-state index in [1.54, 1.807) is 0 Å². The lowest BCUT2D eigenvalue weighted by atomic mass is 9.81. The largest absolute Gasteiger partial charge is 0.371 e. The maximum absolute atomic E-state index is 12.9. The average molecular weight is 312 g/mol. The zero-order chi connectivity index (χ0) is 16.8. The average Bonchev–Trinajstić information content (AvgIpc) is 2.69. The predicted octanol–water partition coefficient (Wildman–Crippen LogP) is 4.19. The Morgan fingerprint density at radius 1 is 1.17 bits per heavy atom. The summed E-state index contributed by atoms with van der Waals surface area (Å²) in [5.74, 6) is -0.588. The van der Waals surface area contributed by atoms with Crippen molar-refractivity contribution < 1.29 is 9.18 Å². The van der Waals surface area contributed by atoms with E-state index in [0.717, 1.165) is 11.4 Å². The third-order valence-electron chi connectivity index (χ3n) is 5.06. The van der Waals surface area contributed by atoms with Crippen molar-refractivity contribution in [2.45, 2.75) is 32.2 Å². The maximum Gasteiger partial charge on any atom is 0.255 e. The molecule has 4 heteroatoms. The normalized spacial score (nSPS) is 18.7. The van der Waals surface area contributed by atoms with Crippen molar-refractivity contribution >= 4 is 17.3 Å². The Labute approximate surface area is 136 Å². The first-order chi connectivity index (χ1) is 10.8. The Balaban J connectivity index is 1.86. The van der Waals surface area contributed by atoms with Crippen LogP contribution in [0.25, 0.3) is 0 Å². The second-order valence-electron chi connectivity index (χ2n) is 6.70. The molecule has 1 aliphatic rings. The highest BCUT2D eigenvalue weighted by atomic mass is 19.1. The molecular formula is C19H21FN2O. The molecule has 1 atom stereocenters. The molecule has 0 aliphatic carbocycles. The number of nitrogens with one attached hydrogen (secondary N) is 1. The molecule has 3 rings (SSSR count). The van der Waals surface area contributed by atoms with Gasteiger partial charge in [-0.2, -0.15) is 0 Å². The molecule has 1 amide bonds. The van der Waals surface area contributed by atoms with Gasteiger partial charge in [0.05, 0.1) is 0 Å². The van der Waals surface area contributed by atoms with Crippen LogP contribution >= 0.6 is 0 Å². The lowest BCUT2D eigenvalue weighted by molar-refractivity contribution is 0.102. The fraction of sp³-hybridized carbons (Fsp3) is 0.316. The summed E-state index contributed by atoms with van der Waals surface area (Å²) in [7, 11) is 2.07. The molecule has 23 heavy (non-hydrogen) atoms. The van der Waals surface area contributed by atoms with Gasteiger partial charge in [0.1, 0.15) is 5.82 Å². The Bertz CT molecular complexity index is 752. The van der Waals surface area contributed by atoms with Crippen LogP contribution in [0.4, 0.5) is 15.8 Å². The third kappa shape index (κ3) is 2.58. The number of hydrogen-bond acceptors (Lipinski definition) is 2. The second-order valence-corrected chi connectivity index (χ2v) is 6.70. The number of amides is 1. The number of carbonyl (C=O) groups is 1. The molecule has 0 saturated carbocycles. The summed E-state index contributed by atoms with van der Waals surface area (Å²) >= 11 is 0. The van der Waals surface area contributed by atoms with Crippen LogP contribution in [0.3, 0.4) is 0 Å². The zero-order valence-corrected chi connectivity index (χ0v) is 13.9. The van der Waals surface area contributed by atoms with Crippen LogP contribution in [0.5, 0.6) is 0 Å². The van der Waals surface area contributed by atoms with Crippen molar-refractivity contribution in [3.63, 3.8) is 0 Å². The molecule has 1 N–H and O–H groups in total. The van der Waals surface area contributed by atoms with E-state index in [4.69, 9.17) is 0 Å². The van der Waals surface area contributed by atoms with Gasteiger partial charge in [-0.25, -0.2) is 4.39 Å². The van der Waals surface area contributed by atoms with Crippen molar-refractivity contribution in [2.75, 3.05) is 17.3 Å². The quantitative estimate of drug-likeness (QED) is 0.901. The molecule has 3 nitrogen and oxygen atoms in total. The number of carbonyl (C=O) groups excluding carboxylic acids is 1. The first-order valence-electron chi connectivity index (χ1n) is 7.75. The van der Waals surface area contributed by atoms with Crippen LogP contribution in [0, 0.1) is 5.82 Å². The SMILES string of the molecule is CC1N(C)c2cc(NC(=O)c3ccc(F)cc3)ccc2C1(C)C. The summed E-state index contributed by atoms with van der Waals surface area (Å²) in [6, 6.07) is 11.9. The van der Waals surface area contributed by atoms with Crippen molar-refractivity contribution in [3.8, 4) is 0 Å². The van der Waals surface area contributed by atoms with E-state index in [0.29, 0.717) is 11.6 Å². The number of rotatable bonds is 2. The molecule has 0 radical (unpaired) electrons. The molecule has 2 aromatic rings. The molecule has 1 heterocycles. The van der Waals surface area contributed by atoms with Gasteiger partial charge < -0.3 is 10.2 Å². The van der Waals surface area contributed by atoms with E-state index in [9.17, 15) is 9.18 Å². The fourth-order valence-corrected chi connectivity index (χ4v) is 3.17. The monoisotopic (exact) mass is 312 g/mol. The molecule has 0 aromatic heterocycles. The van der Waals surface area contributed by atoms with E-state index in [1.165, 1.54) is 29.8 Å². The van der Waals surface area contributed by atoms with Crippen LogP contribution in [-0.4, -0.2) is 19.0 Å². The highest BCUT2D eigenvalue weighted by molar-refractivity contribution is 6.04. The number of likely N-dealkylation sites (N-methyl/N-ethyl adjacent to an activating group) is 1. The van der Waals surface area contributed by atoms with E-state index >= 15 is 0 Å². The molecule has 0 fully saturated rings. The summed E-state index contributed by atoms with van der Waals surface area (Å²) in [5, 5.41) is 2.88. The zero-order valence-electron chi connectivity index (χ0n) is 13.9. The minimum Gasteiger partial charge on any atom is -0.371 e. The second kappa shape index (κ2) is 5.37. The number of anilines is 2. The molecule has 0 bridgehead atoms. The van der Waals surface area contributed by atoms with Crippen molar-refractivity contribution in [1.29, 1.82) is 0 Å². The molecule has 2 aromatic carbocycles. The van der Waals surface area contributed by atoms with Crippen LogP contribution in [0.2, 0.25) is 0 Å². The number of nitrogens with zero attached hydrogens (tertiary/aromatic N) is 1. The number of fused-ring (bicyclic) bond motifs is 1. The highest BCUT2D eigenvalue weighted by Gasteiger charge is 2.40. The third-order valence-corrected chi connectivity index (χ3v) is 5.06. The molecule has 1 unspecified atom stereocenters. The van der Waals surface area contributed by atoms with E-state index in [1.807, 2.05) is 12.1 Å². The minimum atomic E-state index is -0.350. The Kier molecular flexibility index (Phi) is 3.63. The predicted molar refractivity (Wildman–Crippen MR) is 91.7 cm³/mol. The van der Waals surface area contributed by atoms with Crippen LogP contribution in [0.1, 0.15) is 36.7 Å². The number of hydrogen-bond donors (Lipinski definition) is 1. The Morgan fingerprint density at radius 2 is 1.83 bits per heavy atom. The summed E-state index contributed by atoms with van der Waals surface area (Å²) in [5.41, 5.74) is 3.68. The van der Waals surface area contributed by atoms with E-state index in [2.05, 4.69) is 44.1 Å². The van der Waals surface area contributed by atoms with E-state index < -0.39 is 0 Å². The smallest absolute Gasteiger partial charge is 0.255 e. The van der Waals surface area contributed by atoms with Crippen LogP contribution < -0.4 is 10.2 Å². The highest BCUT2D eigenvalue weighted by Crippen LogP contribution is 2.45. The lowest BCUT2D eigenvalue weighted by Gasteiger charge is -2.28. The topological polar surface area (TPSA) is 32.3 Å². The molecule has 1 aliphatic heterocycles.